The summed E-state index contributed by atoms with van der Waals surface area (Å²) in [6.45, 7) is 13.6. The Morgan fingerprint density at radius 3 is 2.95 bits per heavy atom. The van der Waals surface area contributed by atoms with E-state index < -0.39 is 0 Å². The summed E-state index contributed by atoms with van der Waals surface area (Å²) in [7, 11) is 0. The van der Waals surface area contributed by atoms with Crippen molar-refractivity contribution in [3.8, 4) is 0 Å². The van der Waals surface area contributed by atoms with Crippen molar-refractivity contribution in [3.63, 3.8) is 0 Å². The summed E-state index contributed by atoms with van der Waals surface area (Å²) in [5.41, 5.74) is 0. The van der Waals surface area contributed by atoms with Gasteiger partial charge in [0.25, 0.3) is 0 Å². The molecule has 1 N–H and O–H groups in total. The molecule has 4 nitrogen and oxygen atoms in total. The fourth-order valence-corrected chi connectivity index (χ4v) is 3.51. The number of nitrogens with zero attached hydrogens (tertiary/aromatic N) is 2. The lowest BCUT2D eigenvalue weighted by Crippen LogP contribution is -2.56. The van der Waals surface area contributed by atoms with Gasteiger partial charge in [-0.15, -0.1) is 0 Å². The fourth-order valence-electron chi connectivity index (χ4n) is 3.51. The molecular weight excluding hydrogens is 250 g/mol. The van der Waals surface area contributed by atoms with Crippen molar-refractivity contribution in [1.82, 2.24) is 15.1 Å². The van der Waals surface area contributed by atoms with E-state index in [1.807, 2.05) is 0 Å². The number of hydrogen-bond donors (Lipinski definition) is 1. The highest BCUT2D eigenvalue weighted by molar-refractivity contribution is 4.90. The van der Waals surface area contributed by atoms with E-state index >= 15 is 0 Å². The van der Waals surface area contributed by atoms with Crippen LogP contribution in [-0.2, 0) is 4.74 Å². The summed E-state index contributed by atoms with van der Waals surface area (Å²) in [6.07, 6.45) is 5.22. The maximum atomic E-state index is 5.35. The number of nitrogens with one attached hydrogen (secondary N) is 1. The first-order valence-corrected chi connectivity index (χ1v) is 8.57. The van der Waals surface area contributed by atoms with Crippen molar-refractivity contribution >= 4 is 0 Å². The molecule has 2 heterocycles. The van der Waals surface area contributed by atoms with Gasteiger partial charge in [0, 0.05) is 51.5 Å². The van der Waals surface area contributed by atoms with E-state index in [1.165, 1.54) is 51.9 Å². The molecule has 2 atom stereocenters. The number of unbranched alkanes of at least 4 members (excludes halogenated alkanes) is 1. The lowest BCUT2D eigenvalue weighted by Gasteiger charge is -2.42. The first kappa shape index (κ1) is 16.2. The third-order valence-electron chi connectivity index (χ3n) is 4.74. The first-order valence-electron chi connectivity index (χ1n) is 8.57. The maximum absolute atomic E-state index is 5.35. The maximum Gasteiger partial charge on any atom is 0.0466 e. The van der Waals surface area contributed by atoms with Crippen LogP contribution in [0.2, 0.25) is 0 Å². The molecule has 2 aliphatic heterocycles. The van der Waals surface area contributed by atoms with Crippen LogP contribution < -0.4 is 5.32 Å². The van der Waals surface area contributed by atoms with Gasteiger partial charge in [0.1, 0.15) is 0 Å². The molecule has 0 aromatic rings. The quantitative estimate of drug-likeness (QED) is 0.650. The standard InChI is InChI=1S/C16H33N3O/c1-3-20-12-5-4-8-17-9-11-18-14-16-7-6-10-19(16)13-15(18)2/h15-17H,3-14H2,1-2H3. The fraction of sp³-hybridized carbons (Fsp3) is 1.00. The van der Waals surface area contributed by atoms with Gasteiger partial charge >= 0.3 is 0 Å². The highest BCUT2D eigenvalue weighted by atomic mass is 16.5. The van der Waals surface area contributed by atoms with Gasteiger partial charge in [-0.05, 0) is 52.6 Å². The lowest BCUT2D eigenvalue weighted by atomic mass is 10.1. The van der Waals surface area contributed by atoms with Gasteiger partial charge in [-0.3, -0.25) is 9.80 Å². The van der Waals surface area contributed by atoms with E-state index in [0.29, 0.717) is 0 Å². The van der Waals surface area contributed by atoms with Gasteiger partial charge < -0.3 is 10.1 Å². The normalized spacial score (nSPS) is 27.9. The second-order valence-electron chi connectivity index (χ2n) is 6.29. The Morgan fingerprint density at radius 1 is 1.20 bits per heavy atom. The molecule has 2 fully saturated rings. The second kappa shape index (κ2) is 8.98. The number of piperazine rings is 1. The average molecular weight is 283 g/mol. The molecule has 0 aromatic heterocycles. The zero-order valence-electron chi connectivity index (χ0n) is 13.4. The average Bonchev–Trinajstić information content (AvgIpc) is 2.88. The number of hydrogen-bond acceptors (Lipinski definition) is 4. The van der Waals surface area contributed by atoms with Crippen molar-refractivity contribution in [2.24, 2.45) is 0 Å². The van der Waals surface area contributed by atoms with Gasteiger partial charge in [-0.1, -0.05) is 0 Å². The molecule has 0 saturated carbocycles. The van der Waals surface area contributed by atoms with E-state index in [1.54, 1.807) is 0 Å². The van der Waals surface area contributed by atoms with E-state index in [0.717, 1.165) is 38.4 Å². The Labute approximate surface area is 124 Å². The molecule has 20 heavy (non-hydrogen) atoms. The highest BCUT2D eigenvalue weighted by Gasteiger charge is 2.33. The van der Waals surface area contributed by atoms with E-state index in [-0.39, 0.29) is 0 Å². The van der Waals surface area contributed by atoms with Crippen molar-refractivity contribution < 1.29 is 4.74 Å². The SMILES string of the molecule is CCOCCCCNCCN1CC2CCCN2CC1C. The Hall–Kier alpha value is -0.160. The molecule has 0 bridgehead atoms. The zero-order valence-corrected chi connectivity index (χ0v) is 13.4. The Balaban J connectivity index is 1.51. The number of rotatable bonds is 9. The van der Waals surface area contributed by atoms with E-state index in [4.69, 9.17) is 4.74 Å². The zero-order chi connectivity index (χ0) is 14.2. The summed E-state index contributed by atoms with van der Waals surface area (Å²) in [4.78, 5) is 5.38. The molecular formula is C16H33N3O. The van der Waals surface area contributed by atoms with Gasteiger partial charge in [0.15, 0.2) is 0 Å². The Morgan fingerprint density at radius 2 is 2.10 bits per heavy atom. The minimum atomic E-state index is 0.726. The minimum Gasteiger partial charge on any atom is -0.382 e. The third-order valence-corrected chi connectivity index (χ3v) is 4.74. The van der Waals surface area contributed by atoms with Crippen LogP contribution >= 0.6 is 0 Å². The molecule has 0 spiro atoms. The molecule has 118 valence electrons. The lowest BCUT2D eigenvalue weighted by molar-refractivity contribution is 0.0603. The molecule has 4 heteroatoms. The smallest absolute Gasteiger partial charge is 0.0466 e. The largest absolute Gasteiger partial charge is 0.382 e. The van der Waals surface area contributed by atoms with Crippen molar-refractivity contribution in [3.05, 3.63) is 0 Å². The van der Waals surface area contributed by atoms with Crippen molar-refractivity contribution in [2.45, 2.75) is 51.6 Å². The predicted octanol–water partition coefficient (Wildman–Crippen LogP) is 1.56. The van der Waals surface area contributed by atoms with Crippen LogP contribution in [0.5, 0.6) is 0 Å². The van der Waals surface area contributed by atoms with Crippen molar-refractivity contribution in [1.29, 1.82) is 0 Å². The van der Waals surface area contributed by atoms with Crippen LogP contribution in [0.25, 0.3) is 0 Å². The highest BCUT2D eigenvalue weighted by Crippen LogP contribution is 2.23. The first-order chi connectivity index (χ1) is 9.81. The van der Waals surface area contributed by atoms with E-state index in [9.17, 15) is 0 Å². The Kier molecular flexibility index (Phi) is 7.28. The van der Waals surface area contributed by atoms with Crippen LogP contribution in [0.3, 0.4) is 0 Å². The summed E-state index contributed by atoms with van der Waals surface area (Å²) < 4.78 is 5.35. The molecule has 2 unspecified atom stereocenters. The molecule has 2 saturated heterocycles. The van der Waals surface area contributed by atoms with Gasteiger partial charge in [0.05, 0.1) is 0 Å². The van der Waals surface area contributed by atoms with Crippen LogP contribution in [0, 0.1) is 0 Å². The van der Waals surface area contributed by atoms with Crippen LogP contribution in [-0.4, -0.2) is 74.4 Å². The topological polar surface area (TPSA) is 27.7 Å². The monoisotopic (exact) mass is 283 g/mol. The second-order valence-corrected chi connectivity index (χ2v) is 6.29. The van der Waals surface area contributed by atoms with Crippen molar-refractivity contribution in [2.75, 3.05) is 52.5 Å². The van der Waals surface area contributed by atoms with Gasteiger partial charge in [0.2, 0.25) is 0 Å². The predicted molar refractivity (Wildman–Crippen MR) is 84.2 cm³/mol. The Bertz CT molecular complexity index is 262. The molecule has 0 amide bonds. The molecule has 0 aliphatic carbocycles. The molecule has 0 aromatic carbocycles. The van der Waals surface area contributed by atoms with E-state index in [2.05, 4.69) is 29.0 Å². The van der Waals surface area contributed by atoms with Gasteiger partial charge in [-0.25, -0.2) is 0 Å². The molecule has 2 rings (SSSR count). The number of fused-ring (bicyclic) bond motifs is 1. The summed E-state index contributed by atoms with van der Waals surface area (Å²) in [6, 6.07) is 1.57. The summed E-state index contributed by atoms with van der Waals surface area (Å²) >= 11 is 0. The number of ether oxygens (including phenoxy) is 1. The van der Waals surface area contributed by atoms with Crippen LogP contribution in [0.4, 0.5) is 0 Å². The summed E-state index contributed by atoms with van der Waals surface area (Å²) in [5, 5.41) is 3.58. The minimum absolute atomic E-state index is 0.726. The van der Waals surface area contributed by atoms with Crippen LogP contribution in [0.1, 0.15) is 39.5 Å². The van der Waals surface area contributed by atoms with Crippen LogP contribution in [0.15, 0.2) is 0 Å². The van der Waals surface area contributed by atoms with Gasteiger partial charge in [-0.2, -0.15) is 0 Å². The summed E-state index contributed by atoms with van der Waals surface area (Å²) in [5.74, 6) is 0. The molecule has 2 aliphatic rings. The molecule has 0 radical (unpaired) electrons. The third kappa shape index (κ3) is 4.99.